The van der Waals surface area contributed by atoms with Gasteiger partial charge in [0.1, 0.15) is 0 Å². The van der Waals surface area contributed by atoms with Gasteiger partial charge in [-0.15, -0.1) is 0 Å². The van der Waals surface area contributed by atoms with Crippen LogP contribution in [0.4, 0.5) is 0 Å². The average molecular weight is 263 g/mol. The van der Waals surface area contributed by atoms with Crippen LogP contribution in [0, 0.1) is 0 Å². The molecule has 1 unspecified atom stereocenters. The minimum Gasteiger partial charge on any atom is -0.304 e. The zero-order valence-corrected chi connectivity index (χ0v) is 11.7. The molecule has 1 aromatic carbocycles. The number of likely N-dealkylation sites (N-methyl/N-ethyl adjacent to an activating group) is 1. The molecule has 2 heterocycles. The van der Waals surface area contributed by atoms with E-state index in [0.29, 0.717) is 6.04 Å². The Kier molecular flexibility index (Phi) is 3.89. The number of benzene rings is 1. The van der Waals surface area contributed by atoms with Gasteiger partial charge in [-0.25, -0.2) is 10.4 Å². The highest BCUT2D eigenvalue weighted by Gasteiger charge is 2.23. The largest absolute Gasteiger partial charge is 0.304 e. The molecule has 3 rings (SSSR count). The molecule has 1 aromatic rings. The first-order valence-electron chi connectivity index (χ1n) is 6.68. The van der Waals surface area contributed by atoms with Crippen LogP contribution >= 0.6 is 11.8 Å². The van der Waals surface area contributed by atoms with E-state index in [1.807, 2.05) is 11.8 Å². The molecule has 0 aliphatic carbocycles. The summed E-state index contributed by atoms with van der Waals surface area (Å²) in [6, 6.07) is 9.34. The summed E-state index contributed by atoms with van der Waals surface area (Å²) in [5.41, 5.74) is 6.72. The molecule has 2 aliphatic heterocycles. The van der Waals surface area contributed by atoms with Crippen molar-refractivity contribution in [1.29, 1.82) is 0 Å². The summed E-state index contributed by atoms with van der Waals surface area (Å²) < 4.78 is 0. The summed E-state index contributed by atoms with van der Waals surface area (Å²) in [5, 5.41) is 2.40. The fraction of sp³-hybridized carbons (Fsp3) is 0.571. The van der Waals surface area contributed by atoms with Crippen LogP contribution in [0.2, 0.25) is 0 Å². The van der Waals surface area contributed by atoms with Crippen LogP contribution < -0.4 is 5.43 Å². The molecular weight excluding hydrogens is 242 g/mol. The van der Waals surface area contributed by atoms with Gasteiger partial charge in [0.2, 0.25) is 0 Å². The molecule has 0 spiro atoms. The van der Waals surface area contributed by atoms with Gasteiger partial charge in [0, 0.05) is 37.7 Å². The Morgan fingerprint density at radius 2 is 1.94 bits per heavy atom. The van der Waals surface area contributed by atoms with Crippen molar-refractivity contribution in [3.05, 3.63) is 35.4 Å². The molecule has 0 amide bonds. The lowest BCUT2D eigenvalue weighted by molar-refractivity contribution is 0.0904. The van der Waals surface area contributed by atoms with Crippen LogP contribution in [0.3, 0.4) is 0 Å². The van der Waals surface area contributed by atoms with E-state index in [0.717, 1.165) is 31.9 Å². The maximum Gasteiger partial charge on any atom is 0.0558 e. The monoisotopic (exact) mass is 263 g/mol. The molecule has 0 saturated carbocycles. The molecule has 1 atom stereocenters. The third-order valence-corrected chi connectivity index (χ3v) is 4.90. The van der Waals surface area contributed by atoms with Gasteiger partial charge >= 0.3 is 0 Å². The van der Waals surface area contributed by atoms with Crippen LogP contribution in [0.5, 0.6) is 0 Å². The second kappa shape index (κ2) is 5.61. The van der Waals surface area contributed by atoms with Gasteiger partial charge in [0.25, 0.3) is 0 Å². The van der Waals surface area contributed by atoms with Crippen molar-refractivity contribution in [2.24, 2.45) is 0 Å². The minimum absolute atomic E-state index is 0.489. The fourth-order valence-electron chi connectivity index (χ4n) is 2.64. The van der Waals surface area contributed by atoms with E-state index in [1.54, 1.807) is 0 Å². The van der Waals surface area contributed by atoms with Gasteiger partial charge in [0.05, 0.1) is 6.04 Å². The molecule has 98 valence electrons. The zero-order valence-electron chi connectivity index (χ0n) is 10.9. The maximum absolute atomic E-state index is 3.72. The van der Waals surface area contributed by atoms with E-state index in [1.165, 1.54) is 16.9 Å². The molecule has 2 aliphatic rings. The maximum atomic E-state index is 3.72. The third-order valence-electron chi connectivity index (χ3n) is 3.81. The number of hydrogen-bond donors (Lipinski definition) is 1. The van der Waals surface area contributed by atoms with Crippen LogP contribution in [0.1, 0.15) is 17.2 Å². The third kappa shape index (κ3) is 2.72. The normalized spacial score (nSPS) is 25.9. The van der Waals surface area contributed by atoms with Crippen LogP contribution in [-0.2, 0) is 5.75 Å². The first kappa shape index (κ1) is 12.5. The number of thioether (sulfide) groups is 1. The van der Waals surface area contributed by atoms with Gasteiger partial charge < -0.3 is 4.90 Å². The topological polar surface area (TPSA) is 18.5 Å². The fourth-order valence-corrected chi connectivity index (χ4v) is 3.74. The lowest BCUT2D eigenvalue weighted by atomic mass is 10.0. The highest BCUT2D eigenvalue weighted by Crippen LogP contribution is 2.31. The standard InChI is InChI=1S/C14H21N3S/c1-16-6-8-17(9-7-16)15-14-11-18-10-12-4-2-3-5-13(12)14/h2-5,14-15H,6-11H2,1H3. The number of nitrogens with one attached hydrogen (secondary N) is 1. The average Bonchev–Trinajstić information content (AvgIpc) is 2.42. The summed E-state index contributed by atoms with van der Waals surface area (Å²) in [6.07, 6.45) is 0. The van der Waals surface area contributed by atoms with Crippen LogP contribution in [0.15, 0.2) is 24.3 Å². The Hall–Kier alpha value is -0.550. The van der Waals surface area contributed by atoms with Crippen molar-refractivity contribution in [3.63, 3.8) is 0 Å². The molecule has 3 nitrogen and oxygen atoms in total. The Balaban J connectivity index is 1.67. The molecule has 0 bridgehead atoms. The van der Waals surface area contributed by atoms with Gasteiger partial charge in [-0.2, -0.15) is 11.8 Å². The van der Waals surface area contributed by atoms with Crippen molar-refractivity contribution < 1.29 is 0 Å². The van der Waals surface area contributed by atoms with Gasteiger partial charge in [0.15, 0.2) is 0 Å². The van der Waals surface area contributed by atoms with Crippen molar-refractivity contribution in [1.82, 2.24) is 15.3 Å². The number of piperazine rings is 1. The lowest BCUT2D eigenvalue weighted by Gasteiger charge is -2.37. The summed E-state index contributed by atoms with van der Waals surface area (Å²) in [6.45, 7) is 4.57. The van der Waals surface area contributed by atoms with E-state index in [9.17, 15) is 0 Å². The first-order chi connectivity index (χ1) is 8.83. The van der Waals surface area contributed by atoms with Crippen molar-refractivity contribution in [2.75, 3.05) is 39.0 Å². The van der Waals surface area contributed by atoms with E-state index >= 15 is 0 Å². The Labute approximate surface area is 114 Å². The predicted molar refractivity (Wildman–Crippen MR) is 77.6 cm³/mol. The molecule has 4 heteroatoms. The number of hydrazine groups is 1. The first-order valence-corrected chi connectivity index (χ1v) is 7.83. The molecule has 1 saturated heterocycles. The quantitative estimate of drug-likeness (QED) is 0.875. The molecular formula is C14H21N3S. The summed E-state index contributed by atoms with van der Waals surface area (Å²) in [7, 11) is 2.20. The number of rotatable bonds is 2. The molecule has 18 heavy (non-hydrogen) atoms. The second-order valence-corrected chi connectivity index (χ2v) is 6.22. The van der Waals surface area contributed by atoms with Crippen LogP contribution in [0.25, 0.3) is 0 Å². The molecule has 0 aromatic heterocycles. The number of nitrogens with zero attached hydrogens (tertiary/aromatic N) is 2. The molecule has 1 N–H and O–H groups in total. The van der Waals surface area contributed by atoms with E-state index in [2.05, 4.69) is 46.6 Å². The predicted octanol–water partition coefficient (Wildman–Crippen LogP) is 1.73. The summed E-state index contributed by atoms with van der Waals surface area (Å²) in [4.78, 5) is 2.39. The van der Waals surface area contributed by atoms with Gasteiger partial charge in [-0.1, -0.05) is 24.3 Å². The van der Waals surface area contributed by atoms with Crippen molar-refractivity contribution in [2.45, 2.75) is 11.8 Å². The molecule has 1 fully saturated rings. The molecule has 0 radical (unpaired) electrons. The highest BCUT2D eigenvalue weighted by molar-refractivity contribution is 7.98. The zero-order chi connectivity index (χ0) is 12.4. The Morgan fingerprint density at radius 1 is 1.17 bits per heavy atom. The smallest absolute Gasteiger partial charge is 0.0558 e. The van der Waals surface area contributed by atoms with Crippen molar-refractivity contribution >= 4 is 11.8 Å². The Morgan fingerprint density at radius 3 is 2.78 bits per heavy atom. The SMILES string of the molecule is CN1CCN(NC2CSCc3ccccc32)CC1. The van der Waals surface area contributed by atoms with Crippen molar-refractivity contribution in [3.8, 4) is 0 Å². The van der Waals surface area contributed by atoms with E-state index < -0.39 is 0 Å². The lowest BCUT2D eigenvalue weighted by Crippen LogP contribution is -2.52. The highest BCUT2D eigenvalue weighted by atomic mass is 32.2. The summed E-state index contributed by atoms with van der Waals surface area (Å²) in [5.74, 6) is 2.35. The van der Waals surface area contributed by atoms with Gasteiger partial charge in [-0.05, 0) is 18.2 Å². The Bertz CT molecular complexity index is 402. The van der Waals surface area contributed by atoms with E-state index in [-0.39, 0.29) is 0 Å². The summed E-state index contributed by atoms with van der Waals surface area (Å²) >= 11 is 2.04. The minimum atomic E-state index is 0.489. The van der Waals surface area contributed by atoms with Crippen LogP contribution in [-0.4, -0.2) is 48.9 Å². The number of fused-ring (bicyclic) bond motifs is 1. The van der Waals surface area contributed by atoms with E-state index in [4.69, 9.17) is 0 Å². The second-order valence-electron chi connectivity index (χ2n) is 5.19. The van der Waals surface area contributed by atoms with Gasteiger partial charge in [-0.3, -0.25) is 0 Å². The number of hydrogen-bond acceptors (Lipinski definition) is 4.